The third-order valence-corrected chi connectivity index (χ3v) is 5.80. The van der Waals surface area contributed by atoms with Gasteiger partial charge in [-0.15, -0.1) is 0 Å². The van der Waals surface area contributed by atoms with Gasteiger partial charge in [-0.2, -0.15) is 5.10 Å². The first kappa shape index (κ1) is 27.9. The zero-order chi connectivity index (χ0) is 28.3. The van der Waals surface area contributed by atoms with Crippen LogP contribution < -0.4 is 20.2 Å². The number of hydrogen-bond donors (Lipinski definition) is 2. The Morgan fingerprint density at radius 1 is 0.725 bits per heavy atom. The molecule has 0 heterocycles. The Kier molecular flexibility index (Phi) is 9.52. The molecule has 4 rings (SSSR count). The molecule has 0 aliphatic rings. The van der Waals surface area contributed by atoms with Crippen molar-refractivity contribution >= 4 is 45.9 Å². The lowest BCUT2D eigenvalue weighted by atomic mass is 10.2. The fourth-order valence-corrected chi connectivity index (χ4v) is 3.75. The molecule has 0 unspecified atom stereocenters. The summed E-state index contributed by atoms with van der Waals surface area (Å²) in [5, 5.41) is 6.41. The molecular weight excluding hydrogens is 578 g/mol. The van der Waals surface area contributed by atoms with Crippen LogP contribution in [0.15, 0.2) is 113 Å². The summed E-state index contributed by atoms with van der Waals surface area (Å²) < 4.78 is 11.7. The molecule has 0 atom stereocenters. The van der Waals surface area contributed by atoms with Gasteiger partial charge in [-0.05, 0) is 54.6 Å². The van der Waals surface area contributed by atoms with Crippen LogP contribution >= 0.6 is 15.9 Å². The third-order valence-electron chi connectivity index (χ3n) is 5.31. The number of ether oxygens (including phenoxy) is 2. The number of esters is 2. The molecule has 9 nitrogen and oxygen atoms in total. The van der Waals surface area contributed by atoms with E-state index >= 15 is 0 Å². The first-order valence-corrected chi connectivity index (χ1v) is 12.7. The molecule has 0 saturated heterocycles. The van der Waals surface area contributed by atoms with Crippen LogP contribution in [0.25, 0.3) is 0 Å². The van der Waals surface area contributed by atoms with Gasteiger partial charge in [0.05, 0.1) is 23.9 Å². The highest BCUT2D eigenvalue weighted by molar-refractivity contribution is 9.10. The molecule has 200 valence electrons. The third kappa shape index (κ3) is 7.95. The second-order valence-electron chi connectivity index (χ2n) is 8.20. The molecule has 10 heteroatoms. The predicted octanol–water partition coefficient (Wildman–Crippen LogP) is 4.77. The van der Waals surface area contributed by atoms with E-state index in [4.69, 9.17) is 9.47 Å². The number of hydrogen-bond acceptors (Lipinski definition) is 7. The number of amides is 2. The van der Waals surface area contributed by atoms with E-state index in [1.807, 2.05) is 0 Å². The molecule has 0 radical (unpaired) electrons. The van der Waals surface area contributed by atoms with Crippen LogP contribution in [-0.4, -0.2) is 36.5 Å². The van der Waals surface area contributed by atoms with Crippen LogP contribution in [0.5, 0.6) is 11.5 Å². The molecule has 2 N–H and O–H groups in total. The maximum Gasteiger partial charge on any atom is 0.343 e. The molecule has 2 amide bonds. The van der Waals surface area contributed by atoms with Crippen molar-refractivity contribution in [2.45, 2.75) is 0 Å². The molecule has 40 heavy (non-hydrogen) atoms. The minimum absolute atomic E-state index is 0.0492. The van der Waals surface area contributed by atoms with Gasteiger partial charge < -0.3 is 14.8 Å². The normalized spacial score (nSPS) is 10.5. The van der Waals surface area contributed by atoms with E-state index in [1.54, 1.807) is 84.9 Å². The quantitative estimate of drug-likeness (QED) is 0.124. The van der Waals surface area contributed by atoms with E-state index in [2.05, 4.69) is 31.8 Å². The average molecular weight is 600 g/mol. The van der Waals surface area contributed by atoms with Gasteiger partial charge in [0, 0.05) is 21.7 Å². The van der Waals surface area contributed by atoms with Crippen LogP contribution in [0.1, 0.15) is 36.6 Å². The van der Waals surface area contributed by atoms with Crippen molar-refractivity contribution in [3.05, 3.63) is 130 Å². The van der Waals surface area contributed by atoms with Gasteiger partial charge in [0.15, 0.2) is 0 Å². The Morgan fingerprint density at radius 3 is 2.00 bits per heavy atom. The predicted molar refractivity (Wildman–Crippen MR) is 151 cm³/mol. The van der Waals surface area contributed by atoms with Gasteiger partial charge in [-0.25, -0.2) is 15.0 Å². The van der Waals surface area contributed by atoms with Crippen molar-refractivity contribution in [2.24, 2.45) is 5.10 Å². The van der Waals surface area contributed by atoms with Gasteiger partial charge in [0.1, 0.15) is 11.5 Å². The Hall–Kier alpha value is -5.09. The molecule has 0 bridgehead atoms. The fraction of sp³-hybridized carbons (Fsp3) is 0.0333. The maximum absolute atomic E-state index is 12.7. The van der Waals surface area contributed by atoms with Gasteiger partial charge in [-0.1, -0.05) is 58.4 Å². The number of nitrogens with zero attached hydrogens (tertiary/aromatic N) is 1. The van der Waals surface area contributed by atoms with Crippen LogP contribution in [0, 0.1) is 0 Å². The molecule has 0 saturated carbocycles. The summed E-state index contributed by atoms with van der Waals surface area (Å²) >= 11 is 3.29. The molecule has 4 aromatic rings. The summed E-state index contributed by atoms with van der Waals surface area (Å²) in [5.74, 6) is -2.03. The van der Waals surface area contributed by atoms with E-state index in [9.17, 15) is 19.2 Å². The lowest BCUT2D eigenvalue weighted by Gasteiger charge is -2.10. The number of rotatable bonds is 9. The van der Waals surface area contributed by atoms with Crippen molar-refractivity contribution in [3.63, 3.8) is 0 Å². The van der Waals surface area contributed by atoms with Crippen molar-refractivity contribution in [2.75, 3.05) is 6.54 Å². The molecule has 0 aliphatic carbocycles. The monoisotopic (exact) mass is 599 g/mol. The van der Waals surface area contributed by atoms with Crippen LogP contribution in [0.4, 0.5) is 0 Å². The molecule has 0 aliphatic heterocycles. The number of carbonyl (C=O) groups excluding carboxylic acids is 4. The molecule has 0 spiro atoms. The zero-order valence-electron chi connectivity index (χ0n) is 20.9. The Labute approximate surface area is 237 Å². The number of hydrazone groups is 1. The van der Waals surface area contributed by atoms with Crippen LogP contribution in [-0.2, 0) is 4.79 Å². The van der Waals surface area contributed by atoms with Gasteiger partial charge in [0.2, 0.25) is 0 Å². The van der Waals surface area contributed by atoms with Crippen molar-refractivity contribution in [1.29, 1.82) is 0 Å². The summed E-state index contributed by atoms with van der Waals surface area (Å²) in [6.45, 7) is -0.313. The topological polar surface area (TPSA) is 123 Å². The van der Waals surface area contributed by atoms with E-state index in [0.29, 0.717) is 22.3 Å². The fourth-order valence-electron chi connectivity index (χ4n) is 3.35. The second-order valence-corrected chi connectivity index (χ2v) is 9.11. The minimum atomic E-state index is -0.638. The lowest BCUT2D eigenvalue weighted by molar-refractivity contribution is -0.120. The summed E-state index contributed by atoms with van der Waals surface area (Å²) in [6, 6.07) is 27.9. The largest absolute Gasteiger partial charge is 0.423 e. The Balaban J connectivity index is 1.44. The van der Waals surface area contributed by atoms with Crippen molar-refractivity contribution < 1.29 is 28.7 Å². The first-order chi connectivity index (χ1) is 19.4. The molecular formula is C30H22BrN3O6. The SMILES string of the molecule is O=C(CNC(=O)c1cccc(Br)c1)NN=Cc1ccc(OC(=O)c2ccccc2)cc1OC(=O)c1ccccc1. The van der Waals surface area contributed by atoms with Crippen LogP contribution in [0.3, 0.4) is 0 Å². The molecule has 4 aromatic carbocycles. The Morgan fingerprint density at radius 2 is 1.35 bits per heavy atom. The number of benzene rings is 4. The zero-order valence-corrected chi connectivity index (χ0v) is 22.5. The first-order valence-electron chi connectivity index (χ1n) is 11.9. The van der Waals surface area contributed by atoms with E-state index < -0.39 is 23.8 Å². The summed E-state index contributed by atoms with van der Waals surface area (Å²) in [7, 11) is 0. The van der Waals surface area contributed by atoms with E-state index in [-0.39, 0.29) is 18.0 Å². The van der Waals surface area contributed by atoms with Crippen LogP contribution in [0.2, 0.25) is 0 Å². The van der Waals surface area contributed by atoms with Crippen molar-refractivity contribution in [1.82, 2.24) is 10.7 Å². The number of halogens is 1. The highest BCUT2D eigenvalue weighted by atomic mass is 79.9. The second kappa shape index (κ2) is 13.6. The van der Waals surface area contributed by atoms with Gasteiger partial charge in [-0.3, -0.25) is 9.59 Å². The summed E-state index contributed by atoms with van der Waals surface area (Å²) in [6.07, 6.45) is 1.27. The highest BCUT2D eigenvalue weighted by Gasteiger charge is 2.15. The number of carbonyl (C=O) groups is 4. The van der Waals surface area contributed by atoms with Crippen molar-refractivity contribution in [3.8, 4) is 11.5 Å². The lowest BCUT2D eigenvalue weighted by Crippen LogP contribution is -2.34. The molecule has 0 fully saturated rings. The van der Waals surface area contributed by atoms with E-state index in [0.717, 1.165) is 4.47 Å². The average Bonchev–Trinajstić information content (AvgIpc) is 2.98. The summed E-state index contributed by atoms with van der Waals surface area (Å²) in [5.41, 5.74) is 3.69. The standard InChI is InChI=1S/C30H22BrN3O6/c31-24-13-7-12-22(16-24)28(36)32-19-27(35)34-33-18-23-14-15-25(39-29(37)20-8-3-1-4-9-20)17-26(23)40-30(38)21-10-5-2-6-11-21/h1-18H,19H2,(H,32,36)(H,34,35). The Bertz CT molecular complexity index is 1560. The molecule has 0 aromatic heterocycles. The highest BCUT2D eigenvalue weighted by Crippen LogP contribution is 2.26. The summed E-state index contributed by atoms with van der Waals surface area (Å²) in [4.78, 5) is 49.6. The van der Waals surface area contributed by atoms with E-state index in [1.165, 1.54) is 24.4 Å². The maximum atomic E-state index is 12.7. The smallest absolute Gasteiger partial charge is 0.343 e. The minimum Gasteiger partial charge on any atom is -0.423 e. The number of nitrogens with one attached hydrogen (secondary N) is 2. The van der Waals surface area contributed by atoms with Gasteiger partial charge >= 0.3 is 11.9 Å². The van der Waals surface area contributed by atoms with Gasteiger partial charge in [0.25, 0.3) is 11.8 Å².